The molecule has 0 radical (unpaired) electrons. The average Bonchev–Trinajstić information content (AvgIpc) is 2.66. The molecule has 0 bridgehead atoms. The van der Waals surface area contributed by atoms with E-state index in [1.165, 1.54) is 0 Å². The van der Waals surface area contributed by atoms with Gasteiger partial charge in [0.1, 0.15) is 18.2 Å². The van der Waals surface area contributed by atoms with Crippen LogP contribution in [0.25, 0.3) is 0 Å². The van der Waals surface area contributed by atoms with Crippen molar-refractivity contribution in [3.8, 4) is 5.75 Å². The number of nitrogens with zero attached hydrogens (tertiary/aromatic N) is 1. The van der Waals surface area contributed by atoms with Crippen LogP contribution in [-0.4, -0.2) is 37.6 Å². The highest BCUT2D eigenvalue weighted by atomic mass is 35.5. The lowest BCUT2D eigenvalue weighted by atomic mass is 9.85. The number of fused-ring (bicyclic) bond motifs is 1. The first-order chi connectivity index (χ1) is 12.8. The number of para-hydroxylation sites is 2. The molecule has 1 fully saturated rings. The fraction of sp³-hybridized carbons (Fsp3) is 0.350. The smallest absolute Gasteiger partial charge is 0.128 e. The third-order valence-corrected chi connectivity index (χ3v) is 5.12. The van der Waals surface area contributed by atoms with E-state index >= 15 is 0 Å². The molecule has 4 rings (SSSR count). The van der Waals surface area contributed by atoms with E-state index in [0.29, 0.717) is 18.2 Å². The van der Waals surface area contributed by atoms with Crippen molar-refractivity contribution in [3.63, 3.8) is 0 Å². The molecule has 6 heteroatoms. The van der Waals surface area contributed by atoms with Crippen molar-refractivity contribution in [1.82, 2.24) is 10.6 Å². The SMILES string of the molecule is Clc1cccc(OCCNC2=Nc3ccccc3NC23CCNCC3)c1. The molecule has 0 aliphatic carbocycles. The van der Waals surface area contributed by atoms with E-state index in [4.69, 9.17) is 21.3 Å². The van der Waals surface area contributed by atoms with Crippen molar-refractivity contribution >= 4 is 28.8 Å². The second kappa shape index (κ2) is 7.56. The summed E-state index contributed by atoms with van der Waals surface area (Å²) in [4.78, 5) is 4.92. The number of piperidine rings is 1. The topological polar surface area (TPSA) is 57.7 Å². The summed E-state index contributed by atoms with van der Waals surface area (Å²) in [5, 5.41) is 11.4. The second-order valence-electron chi connectivity index (χ2n) is 6.67. The Bertz CT molecular complexity index is 802. The molecular weight excluding hydrogens is 348 g/mol. The maximum atomic E-state index is 6.00. The molecule has 0 unspecified atom stereocenters. The third-order valence-electron chi connectivity index (χ3n) is 4.88. The fourth-order valence-electron chi connectivity index (χ4n) is 3.54. The van der Waals surface area contributed by atoms with Gasteiger partial charge in [-0.2, -0.15) is 0 Å². The van der Waals surface area contributed by atoms with E-state index in [1.807, 2.05) is 42.5 Å². The predicted molar refractivity (Wildman–Crippen MR) is 107 cm³/mol. The van der Waals surface area contributed by atoms with Crippen molar-refractivity contribution in [1.29, 1.82) is 0 Å². The summed E-state index contributed by atoms with van der Waals surface area (Å²) < 4.78 is 5.79. The van der Waals surface area contributed by atoms with E-state index in [1.54, 1.807) is 0 Å². The van der Waals surface area contributed by atoms with Crippen LogP contribution in [0.2, 0.25) is 5.02 Å². The summed E-state index contributed by atoms with van der Waals surface area (Å²) in [7, 11) is 0. The summed E-state index contributed by atoms with van der Waals surface area (Å²) in [6.45, 7) is 3.20. The fourth-order valence-corrected chi connectivity index (χ4v) is 3.72. The monoisotopic (exact) mass is 370 g/mol. The van der Waals surface area contributed by atoms with Gasteiger partial charge in [0.25, 0.3) is 0 Å². The largest absolute Gasteiger partial charge is 0.492 e. The summed E-state index contributed by atoms with van der Waals surface area (Å²) >= 11 is 6.00. The predicted octanol–water partition coefficient (Wildman–Crippen LogP) is 3.59. The lowest BCUT2D eigenvalue weighted by Crippen LogP contribution is -2.59. The number of anilines is 1. The molecule has 0 aromatic heterocycles. The number of nitrogens with one attached hydrogen (secondary N) is 3. The molecule has 5 nitrogen and oxygen atoms in total. The Morgan fingerprint density at radius 1 is 1.12 bits per heavy atom. The van der Waals surface area contributed by atoms with E-state index in [2.05, 4.69) is 22.0 Å². The first-order valence-electron chi connectivity index (χ1n) is 9.05. The zero-order chi connectivity index (χ0) is 17.8. The summed E-state index contributed by atoms with van der Waals surface area (Å²) in [6, 6.07) is 15.7. The van der Waals surface area contributed by atoms with Crippen molar-refractivity contribution in [3.05, 3.63) is 53.6 Å². The molecule has 1 saturated heterocycles. The third kappa shape index (κ3) is 3.64. The van der Waals surface area contributed by atoms with Gasteiger partial charge in [0.05, 0.1) is 23.5 Å². The van der Waals surface area contributed by atoms with Crippen LogP contribution < -0.4 is 20.7 Å². The molecule has 26 heavy (non-hydrogen) atoms. The quantitative estimate of drug-likeness (QED) is 0.720. The van der Waals surface area contributed by atoms with Crippen molar-refractivity contribution in [2.75, 3.05) is 31.6 Å². The van der Waals surface area contributed by atoms with Crippen LogP contribution in [-0.2, 0) is 0 Å². The van der Waals surface area contributed by atoms with Crippen molar-refractivity contribution < 1.29 is 4.74 Å². The Morgan fingerprint density at radius 2 is 1.96 bits per heavy atom. The number of hydrogen-bond donors (Lipinski definition) is 3. The molecule has 2 aliphatic heterocycles. The Kier molecular flexibility index (Phi) is 5.00. The Hall–Kier alpha value is -2.24. The lowest BCUT2D eigenvalue weighted by Gasteiger charge is -2.42. The molecule has 1 spiro atoms. The first kappa shape index (κ1) is 17.2. The number of halogens is 1. The van der Waals surface area contributed by atoms with Crippen LogP contribution in [0.15, 0.2) is 53.5 Å². The van der Waals surface area contributed by atoms with Gasteiger partial charge in [0, 0.05) is 5.02 Å². The van der Waals surface area contributed by atoms with E-state index in [-0.39, 0.29) is 5.54 Å². The van der Waals surface area contributed by atoms with Crippen LogP contribution in [0.1, 0.15) is 12.8 Å². The Labute approximate surface area is 158 Å². The molecule has 0 atom stereocenters. The van der Waals surface area contributed by atoms with Crippen molar-refractivity contribution in [2.45, 2.75) is 18.4 Å². The zero-order valence-electron chi connectivity index (χ0n) is 14.6. The number of aliphatic imine (C=N–C) groups is 1. The molecule has 0 saturated carbocycles. The van der Waals surface area contributed by atoms with Gasteiger partial charge < -0.3 is 20.7 Å². The molecule has 0 amide bonds. The second-order valence-corrected chi connectivity index (χ2v) is 7.10. The summed E-state index contributed by atoms with van der Waals surface area (Å²) in [5.41, 5.74) is 1.96. The molecule has 136 valence electrons. The number of ether oxygens (including phenoxy) is 1. The molecule has 3 N–H and O–H groups in total. The number of amidine groups is 1. The average molecular weight is 371 g/mol. The number of hydrogen-bond acceptors (Lipinski definition) is 5. The highest BCUT2D eigenvalue weighted by Crippen LogP contribution is 2.36. The van der Waals surface area contributed by atoms with Gasteiger partial charge in [-0.25, -0.2) is 4.99 Å². The van der Waals surface area contributed by atoms with Gasteiger partial charge in [-0.05, 0) is 56.3 Å². The molecule has 2 heterocycles. The highest BCUT2D eigenvalue weighted by Gasteiger charge is 2.40. The summed E-state index contributed by atoms with van der Waals surface area (Å²) in [5.74, 6) is 1.79. The minimum atomic E-state index is -0.129. The van der Waals surface area contributed by atoms with Crippen LogP contribution in [0, 0.1) is 0 Å². The summed E-state index contributed by atoms with van der Waals surface area (Å²) in [6.07, 6.45) is 2.00. The minimum Gasteiger partial charge on any atom is -0.492 e. The van der Waals surface area contributed by atoms with Gasteiger partial charge >= 0.3 is 0 Å². The van der Waals surface area contributed by atoms with Crippen LogP contribution in [0.3, 0.4) is 0 Å². The molecule has 2 aromatic rings. The normalized spacial score (nSPS) is 17.8. The Morgan fingerprint density at radius 3 is 2.81 bits per heavy atom. The molecular formula is C20H23ClN4O. The molecule has 2 aliphatic rings. The van der Waals surface area contributed by atoms with E-state index < -0.39 is 0 Å². The standard InChI is InChI=1S/C20H23ClN4O/c21-15-4-3-5-16(14-15)26-13-12-23-19-20(8-10-22-11-9-20)25-18-7-2-1-6-17(18)24-19/h1-7,14,22,25H,8-13H2,(H,23,24). The Balaban J connectivity index is 1.45. The van der Waals surface area contributed by atoms with Gasteiger partial charge in [-0.1, -0.05) is 29.8 Å². The maximum Gasteiger partial charge on any atom is 0.128 e. The first-order valence-corrected chi connectivity index (χ1v) is 9.42. The number of benzene rings is 2. The number of rotatable bonds is 4. The van der Waals surface area contributed by atoms with Crippen LogP contribution >= 0.6 is 11.6 Å². The van der Waals surface area contributed by atoms with Crippen molar-refractivity contribution in [2.24, 2.45) is 4.99 Å². The van der Waals surface area contributed by atoms with Crippen LogP contribution in [0.4, 0.5) is 11.4 Å². The highest BCUT2D eigenvalue weighted by molar-refractivity contribution is 6.30. The van der Waals surface area contributed by atoms with E-state index in [0.717, 1.165) is 48.9 Å². The molecule has 2 aromatic carbocycles. The minimum absolute atomic E-state index is 0.129. The van der Waals surface area contributed by atoms with Gasteiger partial charge in [-0.3, -0.25) is 0 Å². The van der Waals surface area contributed by atoms with Gasteiger partial charge in [0.15, 0.2) is 0 Å². The zero-order valence-corrected chi connectivity index (χ0v) is 15.4. The van der Waals surface area contributed by atoms with Crippen LogP contribution in [0.5, 0.6) is 5.75 Å². The van der Waals surface area contributed by atoms with Gasteiger partial charge in [0.2, 0.25) is 0 Å². The van der Waals surface area contributed by atoms with Gasteiger partial charge in [-0.15, -0.1) is 0 Å². The maximum absolute atomic E-state index is 6.00. The lowest BCUT2D eigenvalue weighted by molar-refractivity contribution is 0.320. The van der Waals surface area contributed by atoms with E-state index in [9.17, 15) is 0 Å².